The lowest BCUT2D eigenvalue weighted by Crippen LogP contribution is -2.09. The third-order valence-corrected chi connectivity index (χ3v) is 5.98. The standard InChI is InChI=1S/C24H22N6OS/c1-31-21-14-8-7-13-20(21)25-15-23-28-29-24(30(23)17-9-3-2-4-10-17)32-16-22-26-18-11-5-6-12-19(18)27-22/h2-14,25H,15-16H2,1H3,(H,26,27). The minimum absolute atomic E-state index is 0.507. The number of H-pyrrole nitrogens is 1. The molecule has 0 saturated carbocycles. The molecule has 2 N–H and O–H groups in total. The first-order chi connectivity index (χ1) is 15.8. The Morgan fingerprint density at radius 1 is 0.938 bits per heavy atom. The minimum Gasteiger partial charge on any atom is -0.495 e. The van der Waals surface area contributed by atoms with E-state index in [9.17, 15) is 0 Å². The summed E-state index contributed by atoms with van der Waals surface area (Å²) in [6, 6.07) is 26.0. The van der Waals surface area contributed by atoms with Gasteiger partial charge in [0, 0.05) is 5.69 Å². The molecule has 5 aromatic rings. The van der Waals surface area contributed by atoms with Crippen LogP contribution in [0.15, 0.2) is 84.0 Å². The number of para-hydroxylation sites is 5. The summed E-state index contributed by atoms with van der Waals surface area (Å²) in [5.74, 6) is 3.18. The Hall–Kier alpha value is -3.78. The Morgan fingerprint density at radius 2 is 1.72 bits per heavy atom. The van der Waals surface area contributed by atoms with Gasteiger partial charge in [0.15, 0.2) is 11.0 Å². The fourth-order valence-corrected chi connectivity index (χ4v) is 4.36. The Morgan fingerprint density at radius 3 is 2.56 bits per heavy atom. The summed E-state index contributed by atoms with van der Waals surface area (Å²) >= 11 is 1.60. The molecule has 0 unspecified atom stereocenters. The van der Waals surface area contributed by atoms with Gasteiger partial charge in [-0.2, -0.15) is 0 Å². The van der Waals surface area contributed by atoms with Gasteiger partial charge >= 0.3 is 0 Å². The van der Waals surface area contributed by atoms with E-state index in [0.717, 1.165) is 45.0 Å². The molecule has 0 radical (unpaired) electrons. The van der Waals surface area contributed by atoms with Crippen LogP contribution < -0.4 is 10.1 Å². The third-order valence-electron chi connectivity index (χ3n) is 5.04. The number of nitrogens with one attached hydrogen (secondary N) is 2. The van der Waals surface area contributed by atoms with Crippen LogP contribution in [0, 0.1) is 0 Å². The summed E-state index contributed by atoms with van der Waals surface area (Å²) in [5.41, 5.74) is 3.93. The summed E-state index contributed by atoms with van der Waals surface area (Å²) in [6.45, 7) is 0.507. The van der Waals surface area contributed by atoms with Crippen LogP contribution in [-0.2, 0) is 12.3 Å². The van der Waals surface area contributed by atoms with Crippen LogP contribution in [0.3, 0.4) is 0 Å². The van der Waals surface area contributed by atoms with Crippen molar-refractivity contribution in [1.82, 2.24) is 24.7 Å². The number of ether oxygens (including phenoxy) is 1. The van der Waals surface area contributed by atoms with Crippen molar-refractivity contribution in [2.75, 3.05) is 12.4 Å². The molecule has 0 bridgehead atoms. The van der Waals surface area contributed by atoms with E-state index in [1.807, 2.05) is 66.7 Å². The third kappa shape index (κ3) is 4.17. The van der Waals surface area contributed by atoms with Crippen molar-refractivity contribution in [2.45, 2.75) is 17.5 Å². The molecule has 7 nitrogen and oxygen atoms in total. The second kappa shape index (κ2) is 9.15. The van der Waals surface area contributed by atoms with E-state index in [0.29, 0.717) is 12.3 Å². The molecule has 5 rings (SSSR count). The van der Waals surface area contributed by atoms with Crippen LogP contribution in [0.5, 0.6) is 5.75 Å². The zero-order valence-electron chi connectivity index (χ0n) is 17.5. The molecule has 0 fully saturated rings. The van der Waals surface area contributed by atoms with Crippen LogP contribution >= 0.6 is 11.8 Å². The van der Waals surface area contributed by atoms with Crippen molar-refractivity contribution in [3.05, 3.63) is 90.5 Å². The zero-order chi connectivity index (χ0) is 21.8. The second-order valence-corrected chi connectivity index (χ2v) is 8.06. The molecule has 0 aliphatic heterocycles. The van der Waals surface area contributed by atoms with Gasteiger partial charge in [0.25, 0.3) is 0 Å². The van der Waals surface area contributed by atoms with E-state index in [1.54, 1.807) is 18.9 Å². The topological polar surface area (TPSA) is 80.7 Å². The maximum absolute atomic E-state index is 5.45. The van der Waals surface area contributed by atoms with E-state index in [4.69, 9.17) is 4.74 Å². The molecule has 0 aliphatic rings. The molecule has 2 heterocycles. The molecule has 0 saturated heterocycles. The van der Waals surface area contributed by atoms with E-state index in [2.05, 4.69) is 42.2 Å². The number of aromatic amines is 1. The van der Waals surface area contributed by atoms with Gasteiger partial charge in [-0.3, -0.25) is 4.57 Å². The van der Waals surface area contributed by atoms with Crippen molar-refractivity contribution in [1.29, 1.82) is 0 Å². The number of imidazole rings is 1. The van der Waals surface area contributed by atoms with Crippen molar-refractivity contribution >= 4 is 28.5 Å². The first kappa shape index (κ1) is 20.1. The number of methoxy groups -OCH3 is 1. The average Bonchev–Trinajstić information content (AvgIpc) is 3.45. The molecule has 8 heteroatoms. The van der Waals surface area contributed by atoms with Gasteiger partial charge in [0.2, 0.25) is 0 Å². The Balaban J connectivity index is 1.40. The van der Waals surface area contributed by atoms with Crippen LogP contribution in [0.4, 0.5) is 5.69 Å². The number of anilines is 1. The number of aromatic nitrogens is 5. The summed E-state index contributed by atoms with van der Waals surface area (Å²) < 4.78 is 7.53. The predicted octanol–water partition coefficient (Wildman–Crippen LogP) is 5.06. The number of rotatable bonds is 8. The van der Waals surface area contributed by atoms with Crippen molar-refractivity contribution < 1.29 is 4.74 Å². The number of thioether (sulfide) groups is 1. The fourth-order valence-electron chi connectivity index (χ4n) is 3.52. The Labute approximate surface area is 189 Å². The molecule has 0 amide bonds. The van der Waals surface area contributed by atoms with Crippen molar-refractivity contribution in [3.8, 4) is 11.4 Å². The van der Waals surface area contributed by atoms with E-state index >= 15 is 0 Å². The van der Waals surface area contributed by atoms with Gasteiger partial charge in [0.1, 0.15) is 11.6 Å². The Bertz CT molecular complexity index is 1300. The van der Waals surface area contributed by atoms with Crippen LogP contribution in [0.2, 0.25) is 0 Å². The minimum atomic E-state index is 0.507. The maximum atomic E-state index is 5.45. The SMILES string of the molecule is COc1ccccc1NCc1nnc(SCc2nc3ccccc3[nH]2)n1-c1ccccc1. The molecule has 160 valence electrons. The highest BCUT2D eigenvalue weighted by Gasteiger charge is 2.16. The molecule has 3 aromatic carbocycles. The smallest absolute Gasteiger partial charge is 0.196 e. The van der Waals surface area contributed by atoms with E-state index < -0.39 is 0 Å². The van der Waals surface area contributed by atoms with E-state index in [1.165, 1.54) is 0 Å². The quantitative estimate of drug-likeness (QED) is 0.327. The van der Waals surface area contributed by atoms with E-state index in [-0.39, 0.29) is 0 Å². The Kier molecular flexibility index (Phi) is 5.76. The highest BCUT2D eigenvalue weighted by molar-refractivity contribution is 7.98. The average molecular weight is 443 g/mol. The van der Waals surface area contributed by atoms with Gasteiger partial charge in [0.05, 0.1) is 36.1 Å². The van der Waals surface area contributed by atoms with Crippen LogP contribution in [0.1, 0.15) is 11.6 Å². The summed E-state index contributed by atoms with van der Waals surface area (Å²) in [5, 5.41) is 13.2. The monoisotopic (exact) mass is 442 g/mol. The summed E-state index contributed by atoms with van der Waals surface area (Å²) in [6.07, 6.45) is 0. The fraction of sp³-hybridized carbons (Fsp3) is 0.125. The van der Waals surface area contributed by atoms with Gasteiger partial charge in [-0.1, -0.05) is 54.2 Å². The molecule has 2 aromatic heterocycles. The van der Waals surface area contributed by atoms with Crippen LogP contribution in [0.25, 0.3) is 16.7 Å². The largest absolute Gasteiger partial charge is 0.495 e. The molecule has 32 heavy (non-hydrogen) atoms. The number of hydrogen-bond donors (Lipinski definition) is 2. The first-order valence-electron chi connectivity index (χ1n) is 10.2. The molecular formula is C24H22N6OS. The van der Waals surface area contributed by atoms with Crippen molar-refractivity contribution in [2.24, 2.45) is 0 Å². The first-order valence-corrected chi connectivity index (χ1v) is 11.2. The molecule has 0 aliphatic carbocycles. The molecule has 0 spiro atoms. The highest BCUT2D eigenvalue weighted by Crippen LogP contribution is 2.27. The summed E-state index contributed by atoms with van der Waals surface area (Å²) in [4.78, 5) is 8.05. The molecular weight excluding hydrogens is 420 g/mol. The number of benzene rings is 3. The van der Waals surface area contributed by atoms with Gasteiger partial charge in [-0.05, 0) is 36.4 Å². The normalized spacial score (nSPS) is 11.0. The van der Waals surface area contributed by atoms with Crippen molar-refractivity contribution in [3.63, 3.8) is 0 Å². The lowest BCUT2D eigenvalue weighted by Gasteiger charge is -2.13. The highest BCUT2D eigenvalue weighted by atomic mass is 32.2. The summed E-state index contributed by atoms with van der Waals surface area (Å²) in [7, 11) is 1.67. The van der Waals surface area contributed by atoms with Gasteiger partial charge in [-0.25, -0.2) is 4.98 Å². The van der Waals surface area contributed by atoms with Gasteiger partial charge < -0.3 is 15.0 Å². The number of hydrogen-bond acceptors (Lipinski definition) is 6. The number of nitrogens with zero attached hydrogens (tertiary/aromatic N) is 4. The second-order valence-electron chi connectivity index (χ2n) is 7.11. The van der Waals surface area contributed by atoms with Gasteiger partial charge in [-0.15, -0.1) is 10.2 Å². The maximum Gasteiger partial charge on any atom is 0.196 e. The predicted molar refractivity (Wildman–Crippen MR) is 127 cm³/mol. The lowest BCUT2D eigenvalue weighted by molar-refractivity contribution is 0.416. The lowest BCUT2D eigenvalue weighted by atomic mass is 10.3. The number of fused-ring (bicyclic) bond motifs is 1. The van der Waals surface area contributed by atoms with Crippen LogP contribution in [-0.4, -0.2) is 31.8 Å². The molecule has 0 atom stereocenters. The zero-order valence-corrected chi connectivity index (χ0v) is 18.3.